The third-order valence-electron chi connectivity index (χ3n) is 3.50. The SMILES string of the molecule is c1ccc(-n2ccnc2)c(C2CCNCC2)c1. The number of hydrogen-bond acceptors (Lipinski definition) is 2. The van der Waals surface area contributed by atoms with E-state index in [4.69, 9.17) is 0 Å². The largest absolute Gasteiger partial charge is 0.317 e. The molecule has 0 unspecified atom stereocenters. The van der Waals surface area contributed by atoms with Gasteiger partial charge < -0.3 is 9.88 Å². The first-order chi connectivity index (χ1) is 8.45. The summed E-state index contributed by atoms with van der Waals surface area (Å²) in [5.74, 6) is 0.676. The zero-order chi connectivity index (χ0) is 11.5. The average Bonchev–Trinajstić information content (AvgIpc) is 2.94. The molecule has 0 bridgehead atoms. The summed E-state index contributed by atoms with van der Waals surface area (Å²) < 4.78 is 2.11. The number of benzene rings is 1. The molecule has 1 fully saturated rings. The zero-order valence-electron chi connectivity index (χ0n) is 9.84. The van der Waals surface area contributed by atoms with Crippen molar-refractivity contribution in [2.24, 2.45) is 0 Å². The third-order valence-corrected chi connectivity index (χ3v) is 3.50. The van der Waals surface area contributed by atoms with Crippen LogP contribution in [0.5, 0.6) is 0 Å². The second kappa shape index (κ2) is 4.72. The Hall–Kier alpha value is -1.61. The monoisotopic (exact) mass is 227 g/mol. The van der Waals surface area contributed by atoms with Gasteiger partial charge in [0.1, 0.15) is 0 Å². The number of imidazole rings is 1. The van der Waals surface area contributed by atoms with Crippen LogP contribution in [0.3, 0.4) is 0 Å². The Morgan fingerprint density at radius 1 is 1.18 bits per heavy atom. The van der Waals surface area contributed by atoms with Crippen LogP contribution < -0.4 is 5.32 Å². The van der Waals surface area contributed by atoms with Crippen LogP contribution in [0.2, 0.25) is 0 Å². The minimum absolute atomic E-state index is 0.676. The fraction of sp³-hybridized carbons (Fsp3) is 0.357. The van der Waals surface area contributed by atoms with E-state index < -0.39 is 0 Å². The lowest BCUT2D eigenvalue weighted by Gasteiger charge is -2.25. The maximum atomic E-state index is 4.14. The fourth-order valence-corrected chi connectivity index (χ4v) is 2.60. The number of nitrogens with zero attached hydrogens (tertiary/aromatic N) is 2. The molecule has 1 N–H and O–H groups in total. The molecule has 1 aliphatic rings. The van der Waals surface area contributed by atoms with Crippen molar-refractivity contribution in [3.8, 4) is 5.69 Å². The minimum atomic E-state index is 0.676. The van der Waals surface area contributed by atoms with Crippen molar-refractivity contribution in [3.05, 3.63) is 48.5 Å². The van der Waals surface area contributed by atoms with Crippen molar-refractivity contribution in [3.63, 3.8) is 0 Å². The smallest absolute Gasteiger partial charge is 0.0991 e. The highest BCUT2D eigenvalue weighted by Crippen LogP contribution is 2.29. The van der Waals surface area contributed by atoms with Crippen LogP contribution in [0, 0.1) is 0 Å². The number of aromatic nitrogens is 2. The normalized spacial score (nSPS) is 17.2. The summed E-state index contributed by atoms with van der Waals surface area (Å²) in [4.78, 5) is 4.14. The summed E-state index contributed by atoms with van der Waals surface area (Å²) >= 11 is 0. The molecule has 2 aromatic rings. The number of hydrogen-bond donors (Lipinski definition) is 1. The van der Waals surface area contributed by atoms with Gasteiger partial charge in [-0.1, -0.05) is 18.2 Å². The first-order valence-corrected chi connectivity index (χ1v) is 6.23. The van der Waals surface area contributed by atoms with Crippen LogP contribution in [0.25, 0.3) is 5.69 Å². The molecule has 1 saturated heterocycles. The third kappa shape index (κ3) is 2.11. The van der Waals surface area contributed by atoms with Crippen molar-refractivity contribution < 1.29 is 0 Å². The van der Waals surface area contributed by atoms with Gasteiger partial charge in [0.15, 0.2) is 0 Å². The molecule has 3 nitrogen and oxygen atoms in total. The van der Waals surface area contributed by atoms with Gasteiger partial charge in [0.25, 0.3) is 0 Å². The van der Waals surface area contributed by atoms with Gasteiger partial charge in [0.2, 0.25) is 0 Å². The Morgan fingerprint density at radius 2 is 2.00 bits per heavy atom. The Morgan fingerprint density at radius 3 is 2.76 bits per heavy atom. The lowest BCUT2D eigenvalue weighted by Crippen LogP contribution is -2.27. The van der Waals surface area contributed by atoms with Crippen molar-refractivity contribution in [2.45, 2.75) is 18.8 Å². The number of para-hydroxylation sites is 1. The van der Waals surface area contributed by atoms with E-state index in [0.29, 0.717) is 5.92 Å². The summed E-state index contributed by atoms with van der Waals surface area (Å²) in [6.07, 6.45) is 8.18. The maximum Gasteiger partial charge on any atom is 0.0991 e. The van der Waals surface area contributed by atoms with E-state index in [-0.39, 0.29) is 0 Å². The van der Waals surface area contributed by atoms with E-state index >= 15 is 0 Å². The van der Waals surface area contributed by atoms with Gasteiger partial charge in [0, 0.05) is 18.1 Å². The van der Waals surface area contributed by atoms with Crippen LogP contribution in [0.1, 0.15) is 24.3 Å². The summed E-state index contributed by atoms with van der Waals surface area (Å²) in [5, 5.41) is 3.42. The molecule has 3 heteroatoms. The summed E-state index contributed by atoms with van der Waals surface area (Å²) in [6, 6.07) is 8.67. The molecule has 88 valence electrons. The van der Waals surface area contributed by atoms with Crippen molar-refractivity contribution in [2.75, 3.05) is 13.1 Å². The van der Waals surface area contributed by atoms with E-state index in [1.54, 1.807) is 0 Å². The lowest BCUT2D eigenvalue weighted by atomic mass is 9.89. The topological polar surface area (TPSA) is 29.9 Å². The fourth-order valence-electron chi connectivity index (χ4n) is 2.60. The van der Waals surface area contributed by atoms with Crippen LogP contribution in [0.4, 0.5) is 0 Å². The molecule has 17 heavy (non-hydrogen) atoms. The highest BCUT2D eigenvalue weighted by Gasteiger charge is 2.18. The van der Waals surface area contributed by atoms with Crippen LogP contribution in [-0.2, 0) is 0 Å². The number of piperidine rings is 1. The number of rotatable bonds is 2. The van der Waals surface area contributed by atoms with Crippen molar-refractivity contribution in [1.82, 2.24) is 14.9 Å². The van der Waals surface area contributed by atoms with Crippen LogP contribution in [-0.4, -0.2) is 22.6 Å². The molecule has 0 saturated carbocycles. The molecular weight excluding hydrogens is 210 g/mol. The van der Waals surface area contributed by atoms with Crippen molar-refractivity contribution >= 4 is 0 Å². The molecule has 0 amide bonds. The molecule has 1 aromatic carbocycles. The maximum absolute atomic E-state index is 4.14. The van der Waals surface area contributed by atoms with Crippen molar-refractivity contribution in [1.29, 1.82) is 0 Å². The first-order valence-electron chi connectivity index (χ1n) is 6.23. The van der Waals surface area contributed by atoms with E-state index in [9.17, 15) is 0 Å². The number of nitrogens with one attached hydrogen (secondary N) is 1. The highest BCUT2D eigenvalue weighted by atomic mass is 15.0. The minimum Gasteiger partial charge on any atom is -0.317 e. The highest BCUT2D eigenvalue weighted by molar-refractivity contribution is 5.43. The van der Waals surface area contributed by atoms with E-state index in [1.165, 1.54) is 24.1 Å². The molecule has 0 atom stereocenters. The molecule has 1 aliphatic heterocycles. The Labute approximate surface area is 101 Å². The van der Waals surface area contributed by atoms with Gasteiger partial charge in [-0.25, -0.2) is 4.98 Å². The van der Waals surface area contributed by atoms with Crippen LogP contribution in [0.15, 0.2) is 43.0 Å². The second-order valence-electron chi connectivity index (χ2n) is 4.55. The molecule has 0 radical (unpaired) electrons. The first kappa shape index (κ1) is 10.5. The van der Waals surface area contributed by atoms with E-state index in [0.717, 1.165) is 13.1 Å². The van der Waals surface area contributed by atoms with E-state index in [1.807, 2.05) is 18.7 Å². The quantitative estimate of drug-likeness (QED) is 0.853. The molecule has 1 aromatic heterocycles. The summed E-state index contributed by atoms with van der Waals surface area (Å²) in [5.41, 5.74) is 2.73. The Kier molecular flexibility index (Phi) is 2.92. The summed E-state index contributed by atoms with van der Waals surface area (Å²) in [6.45, 7) is 2.26. The van der Waals surface area contributed by atoms with Gasteiger partial charge in [-0.3, -0.25) is 0 Å². The molecule has 2 heterocycles. The predicted octanol–water partition coefficient (Wildman–Crippen LogP) is 2.34. The molecule has 0 spiro atoms. The van der Waals surface area contributed by atoms with Crippen LogP contribution >= 0.6 is 0 Å². The Balaban J connectivity index is 1.98. The molecular formula is C14H17N3. The zero-order valence-corrected chi connectivity index (χ0v) is 9.84. The second-order valence-corrected chi connectivity index (χ2v) is 4.55. The Bertz CT molecular complexity index is 470. The van der Waals surface area contributed by atoms with Gasteiger partial charge in [-0.15, -0.1) is 0 Å². The van der Waals surface area contributed by atoms with Gasteiger partial charge in [-0.2, -0.15) is 0 Å². The average molecular weight is 227 g/mol. The van der Waals surface area contributed by atoms with Gasteiger partial charge in [0.05, 0.1) is 6.33 Å². The summed E-state index contributed by atoms with van der Waals surface area (Å²) in [7, 11) is 0. The van der Waals surface area contributed by atoms with Gasteiger partial charge >= 0.3 is 0 Å². The predicted molar refractivity (Wildman–Crippen MR) is 68.4 cm³/mol. The van der Waals surface area contributed by atoms with E-state index in [2.05, 4.69) is 39.1 Å². The standard InChI is InChI=1S/C14H17N3/c1-2-4-14(17-10-9-16-11-17)13(3-1)12-5-7-15-8-6-12/h1-4,9-12,15H,5-8H2. The molecule has 0 aliphatic carbocycles. The lowest BCUT2D eigenvalue weighted by molar-refractivity contribution is 0.459. The van der Waals surface area contributed by atoms with Gasteiger partial charge in [-0.05, 0) is 43.5 Å². The molecule has 3 rings (SSSR count).